The first-order valence-corrected chi connectivity index (χ1v) is 3.98. The van der Waals surface area contributed by atoms with E-state index < -0.39 is 0 Å². The van der Waals surface area contributed by atoms with Crippen molar-refractivity contribution in [3.05, 3.63) is 0 Å². The van der Waals surface area contributed by atoms with Gasteiger partial charge in [0.2, 0.25) is 6.73 Å². The monoisotopic (exact) mass is 194 g/mol. The summed E-state index contributed by atoms with van der Waals surface area (Å²) in [7, 11) is 10.6. The molecule has 13 heavy (non-hydrogen) atoms. The first-order valence-electron chi connectivity index (χ1n) is 3.98. The highest BCUT2D eigenvalue weighted by molar-refractivity contribution is 4.03. The van der Waals surface area contributed by atoms with Crippen LogP contribution in [0.3, 0.4) is 0 Å². The van der Waals surface area contributed by atoms with Gasteiger partial charge in [0.1, 0.15) is 14.1 Å². The number of hydroxylamine groups is 7. The molecule has 0 aromatic rings. The Morgan fingerprint density at radius 1 is 1.15 bits per heavy atom. The van der Waals surface area contributed by atoms with E-state index in [4.69, 9.17) is 14.6 Å². The molecule has 0 aromatic heterocycles. The molecule has 0 N–H and O–H groups in total. The fourth-order valence-corrected chi connectivity index (χ4v) is 0.739. The first-order chi connectivity index (χ1) is 5.87. The molecule has 0 saturated carbocycles. The maximum atomic E-state index is 5.40. The van der Waals surface area contributed by atoms with Crippen LogP contribution in [0.4, 0.5) is 0 Å². The van der Waals surface area contributed by atoms with Crippen LogP contribution in [-0.4, -0.2) is 64.0 Å². The predicted octanol–water partition coefficient (Wildman–Crippen LogP) is -0.147. The molecule has 0 aliphatic rings. The molecule has 0 unspecified atom stereocenters. The van der Waals surface area contributed by atoms with Gasteiger partial charge in [0.15, 0.2) is 0 Å². The lowest BCUT2D eigenvalue weighted by molar-refractivity contribution is -1.12. The Kier molecular flexibility index (Phi) is 5.38. The van der Waals surface area contributed by atoms with Crippen LogP contribution < -0.4 is 0 Å². The van der Waals surface area contributed by atoms with E-state index in [1.54, 1.807) is 12.1 Å². The van der Waals surface area contributed by atoms with E-state index in [9.17, 15) is 0 Å². The zero-order chi connectivity index (χ0) is 10.5. The van der Waals surface area contributed by atoms with Crippen molar-refractivity contribution in [3.63, 3.8) is 0 Å². The molecule has 0 spiro atoms. The fourth-order valence-electron chi connectivity index (χ4n) is 0.739. The van der Waals surface area contributed by atoms with Gasteiger partial charge in [-0.2, -0.15) is 0 Å². The summed E-state index contributed by atoms with van der Waals surface area (Å²) in [5.41, 5.74) is 0. The Balaban J connectivity index is 3.74. The van der Waals surface area contributed by atoms with Crippen LogP contribution in [0, 0.1) is 0 Å². The van der Waals surface area contributed by atoms with Crippen LogP contribution in [0.2, 0.25) is 0 Å². The lowest BCUT2D eigenvalue weighted by Crippen LogP contribution is -2.46. The van der Waals surface area contributed by atoms with Gasteiger partial charge in [-0.15, -0.1) is 14.6 Å². The average molecular weight is 194 g/mol. The molecule has 0 radical (unpaired) electrons. The Hall–Kier alpha value is -0.240. The molecule has 0 heterocycles. The minimum atomic E-state index is 0.265. The van der Waals surface area contributed by atoms with E-state index >= 15 is 0 Å². The van der Waals surface area contributed by atoms with Gasteiger partial charge >= 0.3 is 0 Å². The third kappa shape index (κ3) is 6.88. The van der Waals surface area contributed by atoms with Gasteiger partial charge in [-0.3, -0.25) is 4.84 Å². The molecule has 0 aromatic carbocycles. The van der Waals surface area contributed by atoms with E-state index in [-0.39, 0.29) is 4.65 Å². The molecule has 80 valence electrons. The normalized spacial score (nSPS) is 12.9. The Bertz CT molecular complexity index is 141. The zero-order valence-electron chi connectivity index (χ0n) is 9.27. The second-order valence-electron chi connectivity index (χ2n) is 3.35. The molecular weight excluding hydrogens is 174 g/mol. The molecule has 0 fully saturated rings. The smallest absolute Gasteiger partial charge is 0.235 e. The van der Waals surface area contributed by atoms with Crippen LogP contribution in [-0.2, 0) is 14.6 Å². The lowest BCUT2D eigenvalue weighted by Gasteiger charge is -2.28. The van der Waals surface area contributed by atoms with Crippen molar-refractivity contribution in [2.75, 3.05) is 49.1 Å². The molecule has 0 rings (SSSR count). The number of quaternary nitrogens is 1. The van der Waals surface area contributed by atoms with Crippen LogP contribution in [0.15, 0.2) is 0 Å². The predicted molar refractivity (Wildman–Crippen MR) is 47.6 cm³/mol. The molecule has 0 saturated heterocycles. The van der Waals surface area contributed by atoms with E-state index in [0.29, 0.717) is 6.73 Å². The van der Waals surface area contributed by atoms with Crippen LogP contribution >= 0.6 is 0 Å². The maximum Gasteiger partial charge on any atom is 0.235 e. The molecule has 0 amide bonds. The summed E-state index contributed by atoms with van der Waals surface area (Å²) in [6.07, 6.45) is 0. The molecule has 6 heteroatoms. The number of nitrogens with zero attached hydrogens (tertiary/aromatic N) is 3. The summed E-state index contributed by atoms with van der Waals surface area (Å²) in [6.45, 7) is 0.364. The van der Waals surface area contributed by atoms with Crippen LogP contribution in [0.5, 0.6) is 0 Å². The number of hydrogen-bond donors (Lipinski definition) is 0. The summed E-state index contributed by atoms with van der Waals surface area (Å²) < 4.78 is 0.265. The Morgan fingerprint density at radius 2 is 1.69 bits per heavy atom. The first kappa shape index (κ1) is 12.8. The zero-order valence-corrected chi connectivity index (χ0v) is 9.27. The topological polar surface area (TPSA) is 34.2 Å². The van der Waals surface area contributed by atoms with Gasteiger partial charge in [-0.1, -0.05) is 5.23 Å². The molecule has 0 atom stereocenters. The highest BCUT2D eigenvalue weighted by atomic mass is 17.0. The highest BCUT2D eigenvalue weighted by Gasteiger charge is 2.20. The SMILES string of the molecule is CON(C)OC[N+](C)(C)ON(C)C. The van der Waals surface area contributed by atoms with Crippen molar-refractivity contribution in [1.29, 1.82) is 0 Å². The summed E-state index contributed by atoms with van der Waals surface area (Å²) in [6, 6.07) is 0. The van der Waals surface area contributed by atoms with Crippen molar-refractivity contribution in [3.8, 4) is 0 Å². The van der Waals surface area contributed by atoms with Crippen LogP contribution in [0.25, 0.3) is 0 Å². The number of rotatable bonds is 6. The van der Waals surface area contributed by atoms with E-state index in [2.05, 4.69) is 0 Å². The summed E-state index contributed by atoms with van der Waals surface area (Å²) >= 11 is 0. The molecule has 6 nitrogen and oxygen atoms in total. The van der Waals surface area contributed by atoms with Gasteiger partial charge in [-0.05, 0) is 0 Å². The summed E-state index contributed by atoms with van der Waals surface area (Å²) in [4.78, 5) is 15.4. The van der Waals surface area contributed by atoms with Crippen molar-refractivity contribution in [2.45, 2.75) is 0 Å². The van der Waals surface area contributed by atoms with E-state index in [1.807, 2.05) is 28.2 Å². The van der Waals surface area contributed by atoms with Gasteiger partial charge in [-0.25, -0.2) is 4.84 Å². The summed E-state index contributed by atoms with van der Waals surface area (Å²) in [5.74, 6) is 0. The van der Waals surface area contributed by atoms with Gasteiger partial charge in [0.05, 0.1) is 7.11 Å². The minimum Gasteiger partial charge on any atom is -0.278 e. The van der Waals surface area contributed by atoms with E-state index in [0.717, 1.165) is 0 Å². The van der Waals surface area contributed by atoms with E-state index in [1.165, 1.54) is 12.3 Å². The van der Waals surface area contributed by atoms with Gasteiger partial charge in [0.25, 0.3) is 0 Å². The fraction of sp³-hybridized carbons (Fsp3) is 1.00. The quantitative estimate of drug-likeness (QED) is 0.334. The summed E-state index contributed by atoms with van der Waals surface area (Å²) in [5, 5.41) is 2.90. The highest BCUT2D eigenvalue weighted by Crippen LogP contribution is 2.01. The third-order valence-electron chi connectivity index (χ3n) is 1.19. The maximum absolute atomic E-state index is 5.40. The lowest BCUT2D eigenvalue weighted by atomic mass is 10.9. The Labute approximate surface area is 79.6 Å². The van der Waals surface area contributed by atoms with Gasteiger partial charge in [0, 0.05) is 21.1 Å². The Morgan fingerprint density at radius 3 is 2.08 bits per heavy atom. The average Bonchev–Trinajstić information content (AvgIpc) is 1.98. The van der Waals surface area contributed by atoms with Gasteiger partial charge < -0.3 is 0 Å². The minimum absolute atomic E-state index is 0.265. The second-order valence-corrected chi connectivity index (χ2v) is 3.35. The molecule has 0 bridgehead atoms. The number of hydrogen-bond acceptors (Lipinski definition) is 5. The van der Waals surface area contributed by atoms with Crippen molar-refractivity contribution < 1.29 is 19.3 Å². The standard InChI is InChI=1S/C7H20N3O3/c1-8(2)13-10(4,5)7-12-9(3)11-6/h7H2,1-6H3/q+1. The molecule has 0 aliphatic carbocycles. The van der Waals surface area contributed by atoms with Crippen molar-refractivity contribution in [1.82, 2.24) is 10.3 Å². The molecular formula is C7H20N3O3+. The largest absolute Gasteiger partial charge is 0.278 e. The molecule has 0 aliphatic heterocycles. The van der Waals surface area contributed by atoms with Crippen molar-refractivity contribution in [2.24, 2.45) is 0 Å². The van der Waals surface area contributed by atoms with Crippen molar-refractivity contribution >= 4 is 0 Å². The second kappa shape index (κ2) is 5.48. The van der Waals surface area contributed by atoms with Crippen LogP contribution in [0.1, 0.15) is 0 Å². The third-order valence-corrected chi connectivity index (χ3v) is 1.19.